The van der Waals surface area contributed by atoms with E-state index in [4.69, 9.17) is 4.74 Å². The molecule has 1 amide bonds. The van der Waals surface area contributed by atoms with E-state index in [0.717, 1.165) is 0 Å². The lowest BCUT2D eigenvalue weighted by Gasteiger charge is -2.26. The van der Waals surface area contributed by atoms with Crippen molar-refractivity contribution in [2.24, 2.45) is 5.92 Å². The van der Waals surface area contributed by atoms with Gasteiger partial charge in [0.05, 0.1) is 18.2 Å². The summed E-state index contributed by atoms with van der Waals surface area (Å²) in [6, 6.07) is 3.91. The highest BCUT2D eigenvalue weighted by Crippen LogP contribution is 2.34. The van der Waals surface area contributed by atoms with Gasteiger partial charge in [-0.2, -0.15) is 5.10 Å². The van der Waals surface area contributed by atoms with Crippen LogP contribution in [0, 0.1) is 11.7 Å². The van der Waals surface area contributed by atoms with Crippen LogP contribution in [0.4, 0.5) is 13.2 Å². The van der Waals surface area contributed by atoms with Crippen LogP contribution < -0.4 is 10.1 Å². The third kappa shape index (κ3) is 3.68. The van der Waals surface area contributed by atoms with Crippen LogP contribution in [0.1, 0.15) is 54.4 Å². The largest absolute Gasteiger partial charge is 0.490 e. The molecule has 1 aromatic carbocycles. The SMILES string of the molecule is CC(C)Cn1cc(C(F)F)c(C(=O)NC2CCOc3c(F)cccc32)n1. The number of rotatable bonds is 5. The fraction of sp³-hybridized carbons (Fsp3) is 0.444. The summed E-state index contributed by atoms with van der Waals surface area (Å²) in [6.45, 7) is 4.51. The van der Waals surface area contributed by atoms with Crippen molar-refractivity contribution in [1.29, 1.82) is 0 Å². The summed E-state index contributed by atoms with van der Waals surface area (Å²) in [4.78, 5) is 12.6. The van der Waals surface area contributed by atoms with Gasteiger partial charge in [-0.15, -0.1) is 0 Å². The molecule has 140 valence electrons. The number of fused-ring (bicyclic) bond motifs is 1. The Kier molecular flexibility index (Phi) is 5.20. The van der Waals surface area contributed by atoms with E-state index in [9.17, 15) is 18.0 Å². The molecule has 0 bridgehead atoms. The highest BCUT2D eigenvalue weighted by Gasteiger charge is 2.29. The van der Waals surface area contributed by atoms with Crippen molar-refractivity contribution in [1.82, 2.24) is 15.1 Å². The van der Waals surface area contributed by atoms with Gasteiger partial charge in [-0.25, -0.2) is 13.2 Å². The smallest absolute Gasteiger partial charge is 0.272 e. The van der Waals surface area contributed by atoms with Gasteiger partial charge in [-0.1, -0.05) is 26.0 Å². The fourth-order valence-corrected chi connectivity index (χ4v) is 3.00. The number of nitrogens with one attached hydrogen (secondary N) is 1. The van der Waals surface area contributed by atoms with Gasteiger partial charge in [-0.3, -0.25) is 9.48 Å². The molecule has 0 saturated carbocycles. The number of carbonyl (C=O) groups excluding carboxylic acids is 1. The van der Waals surface area contributed by atoms with Gasteiger partial charge in [-0.05, 0) is 12.0 Å². The van der Waals surface area contributed by atoms with E-state index in [-0.39, 0.29) is 24.0 Å². The average Bonchev–Trinajstić information content (AvgIpc) is 2.99. The second-order valence-electron chi connectivity index (χ2n) is 6.67. The van der Waals surface area contributed by atoms with Crippen LogP contribution in [0.25, 0.3) is 0 Å². The van der Waals surface area contributed by atoms with Crippen molar-refractivity contribution < 1.29 is 22.7 Å². The predicted molar refractivity (Wildman–Crippen MR) is 88.7 cm³/mol. The molecule has 0 aliphatic carbocycles. The molecule has 1 unspecified atom stereocenters. The van der Waals surface area contributed by atoms with E-state index in [1.54, 1.807) is 6.07 Å². The highest BCUT2D eigenvalue weighted by molar-refractivity contribution is 5.94. The maximum atomic E-state index is 13.8. The zero-order chi connectivity index (χ0) is 18.8. The van der Waals surface area contributed by atoms with Crippen LogP contribution in [0.5, 0.6) is 5.75 Å². The topological polar surface area (TPSA) is 56.2 Å². The van der Waals surface area contributed by atoms with E-state index in [1.165, 1.54) is 23.0 Å². The van der Waals surface area contributed by atoms with Crippen LogP contribution in [-0.4, -0.2) is 22.3 Å². The number of hydrogen-bond donors (Lipinski definition) is 1. The Morgan fingerprint density at radius 1 is 1.42 bits per heavy atom. The molecule has 1 aromatic heterocycles. The number of benzene rings is 1. The Hall–Kier alpha value is -2.51. The molecule has 5 nitrogen and oxygen atoms in total. The summed E-state index contributed by atoms with van der Waals surface area (Å²) in [5, 5.41) is 6.72. The number of ether oxygens (including phenoxy) is 1. The molecule has 1 aliphatic rings. The van der Waals surface area contributed by atoms with Gasteiger partial charge in [0.1, 0.15) is 0 Å². The molecule has 0 saturated heterocycles. The molecule has 0 radical (unpaired) electrons. The number of hydrogen-bond acceptors (Lipinski definition) is 3. The molecule has 0 fully saturated rings. The molecule has 2 heterocycles. The number of alkyl halides is 2. The van der Waals surface area contributed by atoms with Gasteiger partial charge in [0.15, 0.2) is 17.3 Å². The van der Waals surface area contributed by atoms with E-state index >= 15 is 0 Å². The maximum absolute atomic E-state index is 13.8. The van der Waals surface area contributed by atoms with E-state index in [0.29, 0.717) is 18.5 Å². The van der Waals surface area contributed by atoms with Gasteiger partial charge in [0, 0.05) is 24.7 Å². The normalized spacial score (nSPS) is 16.5. The molecular weight excluding hydrogens is 347 g/mol. The molecule has 1 atom stereocenters. The Balaban J connectivity index is 1.85. The van der Waals surface area contributed by atoms with E-state index in [1.807, 2.05) is 13.8 Å². The van der Waals surface area contributed by atoms with Crippen molar-refractivity contribution >= 4 is 5.91 Å². The third-order valence-corrected chi connectivity index (χ3v) is 4.12. The van der Waals surface area contributed by atoms with Crippen LogP contribution in [0.3, 0.4) is 0 Å². The fourth-order valence-electron chi connectivity index (χ4n) is 3.00. The minimum absolute atomic E-state index is 0.0865. The molecule has 0 spiro atoms. The lowest BCUT2D eigenvalue weighted by molar-refractivity contribution is 0.0905. The summed E-state index contributed by atoms with van der Waals surface area (Å²) in [6.07, 6.45) is -1.19. The number of para-hydroxylation sites is 1. The Morgan fingerprint density at radius 2 is 2.19 bits per heavy atom. The summed E-state index contributed by atoms with van der Waals surface area (Å²) < 4.78 is 47.1. The lowest BCUT2D eigenvalue weighted by atomic mass is 10.00. The van der Waals surface area contributed by atoms with Crippen LogP contribution in [0.15, 0.2) is 24.4 Å². The van der Waals surface area contributed by atoms with Crippen LogP contribution in [-0.2, 0) is 6.54 Å². The molecule has 2 aromatic rings. The van der Waals surface area contributed by atoms with Crippen LogP contribution in [0.2, 0.25) is 0 Å². The van der Waals surface area contributed by atoms with Crippen LogP contribution >= 0.6 is 0 Å². The minimum Gasteiger partial charge on any atom is -0.490 e. The van der Waals surface area contributed by atoms with Crippen molar-refractivity contribution in [3.8, 4) is 5.75 Å². The second kappa shape index (κ2) is 7.39. The Morgan fingerprint density at radius 3 is 2.88 bits per heavy atom. The molecule has 3 rings (SSSR count). The number of aromatic nitrogens is 2. The summed E-state index contributed by atoms with van der Waals surface area (Å²) >= 11 is 0. The first-order chi connectivity index (χ1) is 12.4. The van der Waals surface area contributed by atoms with Gasteiger partial charge in [0.2, 0.25) is 0 Å². The standard InChI is InChI=1S/C18H20F3N3O2/c1-10(2)8-24-9-12(17(20)21)15(23-24)18(25)22-14-6-7-26-16-11(14)4-3-5-13(16)19/h3-5,9-10,14,17H,6-8H2,1-2H3,(H,22,25). The first-order valence-corrected chi connectivity index (χ1v) is 8.44. The van der Waals surface area contributed by atoms with Crippen molar-refractivity contribution in [3.63, 3.8) is 0 Å². The number of halogens is 3. The summed E-state index contributed by atoms with van der Waals surface area (Å²) in [5.41, 5.74) is -0.218. The molecular formula is C18H20F3N3O2. The van der Waals surface area contributed by atoms with Crippen molar-refractivity contribution in [3.05, 3.63) is 47.0 Å². The van der Waals surface area contributed by atoms with Crippen molar-refractivity contribution in [2.75, 3.05) is 6.61 Å². The lowest BCUT2D eigenvalue weighted by Crippen LogP contribution is -2.33. The summed E-state index contributed by atoms with van der Waals surface area (Å²) in [7, 11) is 0. The summed E-state index contributed by atoms with van der Waals surface area (Å²) in [5.74, 6) is -0.939. The zero-order valence-corrected chi connectivity index (χ0v) is 14.5. The average molecular weight is 367 g/mol. The molecule has 8 heteroatoms. The van der Waals surface area contributed by atoms with Crippen molar-refractivity contribution in [2.45, 2.75) is 39.3 Å². The van der Waals surface area contributed by atoms with E-state index in [2.05, 4.69) is 10.4 Å². The maximum Gasteiger partial charge on any atom is 0.272 e. The number of amides is 1. The Bertz CT molecular complexity index is 805. The highest BCUT2D eigenvalue weighted by atomic mass is 19.3. The Labute approximate surface area is 149 Å². The molecule has 26 heavy (non-hydrogen) atoms. The quantitative estimate of drug-likeness (QED) is 0.873. The van der Waals surface area contributed by atoms with Gasteiger partial charge in [0.25, 0.3) is 12.3 Å². The number of carbonyl (C=O) groups is 1. The predicted octanol–water partition coefficient (Wildman–Crippen LogP) is 3.87. The van der Waals surface area contributed by atoms with E-state index < -0.39 is 29.8 Å². The molecule has 1 aliphatic heterocycles. The minimum atomic E-state index is -2.81. The zero-order valence-electron chi connectivity index (χ0n) is 14.5. The monoisotopic (exact) mass is 367 g/mol. The first kappa shape index (κ1) is 18.3. The first-order valence-electron chi connectivity index (χ1n) is 8.44. The second-order valence-corrected chi connectivity index (χ2v) is 6.67. The third-order valence-electron chi connectivity index (χ3n) is 4.12. The number of nitrogens with zero attached hydrogens (tertiary/aromatic N) is 2. The van der Waals surface area contributed by atoms with Gasteiger partial charge < -0.3 is 10.1 Å². The van der Waals surface area contributed by atoms with Gasteiger partial charge >= 0.3 is 0 Å². The molecule has 1 N–H and O–H groups in total.